The Morgan fingerprint density at radius 1 is 1.45 bits per heavy atom. The van der Waals surface area contributed by atoms with Gasteiger partial charge in [-0.3, -0.25) is 9.78 Å². The number of halogens is 5. The third kappa shape index (κ3) is 3.41. The zero-order valence-corrected chi connectivity index (χ0v) is 10.3. The zero-order valence-electron chi connectivity index (χ0n) is 10.3. The lowest BCUT2D eigenvalue weighted by Gasteiger charge is -2.17. The van der Waals surface area contributed by atoms with Crippen LogP contribution in [0.2, 0.25) is 0 Å². The lowest BCUT2D eigenvalue weighted by molar-refractivity contribution is -0.139. The first kappa shape index (κ1) is 16.3. The fourth-order valence-corrected chi connectivity index (χ4v) is 1.68. The zero-order chi connectivity index (χ0) is 15.5. The summed E-state index contributed by atoms with van der Waals surface area (Å²) in [7, 11) is 1.03. The second-order valence-corrected chi connectivity index (χ2v) is 3.77. The largest absolute Gasteiger partial charge is 0.469 e. The minimum atomic E-state index is -4.85. The lowest BCUT2D eigenvalue weighted by atomic mass is 9.99. The molecule has 0 saturated carbocycles. The number of nitrogens with zero attached hydrogens (tertiary/aromatic N) is 1. The topological polar surface area (TPSA) is 65.2 Å². The van der Waals surface area contributed by atoms with Gasteiger partial charge in [0.2, 0.25) is 0 Å². The Hall–Kier alpha value is -1.77. The Morgan fingerprint density at radius 2 is 2.05 bits per heavy atom. The number of nitrogens with two attached hydrogens (primary N) is 1. The van der Waals surface area contributed by atoms with E-state index in [1.807, 2.05) is 0 Å². The highest BCUT2D eigenvalue weighted by Crippen LogP contribution is 2.36. The molecule has 0 atom stereocenters. The van der Waals surface area contributed by atoms with E-state index in [4.69, 9.17) is 5.73 Å². The van der Waals surface area contributed by atoms with Gasteiger partial charge in [-0.05, 0) is 5.56 Å². The summed E-state index contributed by atoms with van der Waals surface area (Å²) >= 11 is 0. The Balaban J connectivity index is 3.46. The van der Waals surface area contributed by atoms with Crippen LogP contribution in [-0.2, 0) is 28.7 Å². The summed E-state index contributed by atoms with van der Waals surface area (Å²) in [6.45, 7) is -0.745. The van der Waals surface area contributed by atoms with Crippen molar-refractivity contribution in [2.24, 2.45) is 5.73 Å². The molecule has 1 rings (SSSR count). The van der Waals surface area contributed by atoms with Crippen LogP contribution in [0.1, 0.15) is 28.8 Å². The van der Waals surface area contributed by atoms with Crippen LogP contribution in [0.15, 0.2) is 6.20 Å². The highest BCUT2D eigenvalue weighted by Gasteiger charge is 2.37. The van der Waals surface area contributed by atoms with E-state index in [0.29, 0.717) is 6.20 Å². The molecule has 1 heterocycles. The fourth-order valence-electron chi connectivity index (χ4n) is 1.68. The molecule has 0 aliphatic heterocycles. The number of rotatable bonds is 4. The van der Waals surface area contributed by atoms with Gasteiger partial charge in [0, 0.05) is 18.3 Å². The smallest absolute Gasteiger partial charge is 0.418 e. The number of alkyl halides is 5. The molecule has 0 amide bonds. The van der Waals surface area contributed by atoms with Crippen molar-refractivity contribution < 1.29 is 31.5 Å². The summed E-state index contributed by atoms with van der Waals surface area (Å²) in [6.07, 6.45) is -8.34. The average Bonchev–Trinajstić information content (AvgIpc) is 2.35. The van der Waals surface area contributed by atoms with Crippen molar-refractivity contribution in [2.45, 2.75) is 25.6 Å². The van der Waals surface area contributed by atoms with E-state index in [9.17, 15) is 26.7 Å². The molecule has 0 bridgehead atoms. The van der Waals surface area contributed by atoms with Gasteiger partial charge in [0.25, 0.3) is 6.43 Å². The number of ether oxygens (including phenoxy) is 1. The maximum atomic E-state index is 13.0. The molecular formula is C11H11F5N2O2. The maximum absolute atomic E-state index is 13.0. The molecule has 0 unspecified atom stereocenters. The molecule has 0 aliphatic rings. The third-order valence-electron chi connectivity index (χ3n) is 2.58. The van der Waals surface area contributed by atoms with Crippen LogP contribution in [0.5, 0.6) is 0 Å². The fraction of sp³-hybridized carbons (Fsp3) is 0.455. The van der Waals surface area contributed by atoms with Crippen molar-refractivity contribution in [1.29, 1.82) is 0 Å². The predicted molar refractivity (Wildman–Crippen MR) is 57.8 cm³/mol. The molecule has 0 aliphatic carbocycles. The van der Waals surface area contributed by atoms with E-state index < -0.39 is 53.9 Å². The van der Waals surface area contributed by atoms with Gasteiger partial charge >= 0.3 is 12.1 Å². The molecule has 0 radical (unpaired) electrons. The molecule has 1 aromatic rings. The molecule has 1 aromatic heterocycles. The van der Waals surface area contributed by atoms with Crippen molar-refractivity contribution in [2.75, 3.05) is 7.11 Å². The number of pyridine rings is 1. The quantitative estimate of drug-likeness (QED) is 0.683. The van der Waals surface area contributed by atoms with Crippen molar-refractivity contribution in [3.05, 3.63) is 28.6 Å². The summed E-state index contributed by atoms with van der Waals surface area (Å²) in [5, 5.41) is 0. The van der Waals surface area contributed by atoms with Crippen LogP contribution in [0.3, 0.4) is 0 Å². The second-order valence-electron chi connectivity index (χ2n) is 3.77. The van der Waals surface area contributed by atoms with Crippen LogP contribution in [0, 0.1) is 0 Å². The number of hydrogen-bond donors (Lipinski definition) is 1. The highest BCUT2D eigenvalue weighted by molar-refractivity contribution is 5.72. The maximum Gasteiger partial charge on any atom is 0.418 e. The van der Waals surface area contributed by atoms with Gasteiger partial charge in [-0.25, -0.2) is 8.78 Å². The van der Waals surface area contributed by atoms with Crippen molar-refractivity contribution in [1.82, 2.24) is 4.98 Å². The molecule has 0 spiro atoms. The van der Waals surface area contributed by atoms with Crippen molar-refractivity contribution >= 4 is 5.97 Å². The van der Waals surface area contributed by atoms with Gasteiger partial charge in [-0.15, -0.1) is 0 Å². The van der Waals surface area contributed by atoms with Crippen LogP contribution in [0.4, 0.5) is 22.0 Å². The molecule has 112 valence electrons. The van der Waals surface area contributed by atoms with Crippen molar-refractivity contribution in [3.63, 3.8) is 0 Å². The van der Waals surface area contributed by atoms with Gasteiger partial charge in [0.1, 0.15) is 0 Å². The average molecular weight is 298 g/mol. The Morgan fingerprint density at radius 3 is 2.45 bits per heavy atom. The molecule has 0 fully saturated rings. The van der Waals surface area contributed by atoms with Crippen LogP contribution < -0.4 is 5.73 Å². The molecule has 0 aromatic carbocycles. The molecule has 0 saturated heterocycles. The number of methoxy groups -OCH3 is 1. The highest BCUT2D eigenvalue weighted by atomic mass is 19.4. The van der Waals surface area contributed by atoms with Gasteiger partial charge in [-0.1, -0.05) is 0 Å². The number of esters is 1. The van der Waals surface area contributed by atoms with Crippen LogP contribution in [-0.4, -0.2) is 18.1 Å². The summed E-state index contributed by atoms with van der Waals surface area (Å²) < 4.78 is 68.4. The first-order valence-electron chi connectivity index (χ1n) is 5.35. The van der Waals surface area contributed by atoms with Gasteiger partial charge in [0.05, 0.1) is 24.8 Å². The molecule has 4 nitrogen and oxygen atoms in total. The van der Waals surface area contributed by atoms with E-state index in [-0.39, 0.29) is 0 Å². The molecular weight excluding hydrogens is 287 g/mol. The minimum Gasteiger partial charge on any atom is -0.469 e. The number of hydrogen-bond acceptors (Lipinski definition) is 4. The molecule has 9 heteroatoms. The second kappa shape index (κ2) is 6.12. The van der Waals surface area contributed by atoms with Gasteiger partial charge in [0.15, 0.2) is 0 Å². The first-order valence-corrected chi connectivity index (χ1v) is 5.35. The van der Waals surface area contributed by atoms with Crippen LogP contribution >= 0.6 is 0 Å². The Kier molecular flexibility index (Phi) is 4.98. The van der Waals surface area contributed by atoms with E-state index in [1.54, 1.807) is 0 Å². The van der Waals surface area contributed by atoms with Gasteiger partial charge < -0.3 is 10.5 Å². The standard InChI is InChI=1S/C11H11F5N2O2/c1-20-8(19)2-7-9(10(12)13)5(3-17)6(4-18-7)11(14,15)16/h4,10H,2-3,17H2,1H3. The van der Waals surface area contributed by atoms with E-state index >= 15 is 0 Å². The minimum absolute atomic E-state index is 0.395. The Bertz CT molecular complexity index is 502. The summed E-state index contributed by atoms with van der Waals surface area (Å²) in [5.41, 5.74) is 1.61. The van der Waals surface area contributed by atoms with Crippen molar-refractivity contribution in [3.8, 4) is 0 Å². The van der Waals surface area contributed by atoms with E-state index in [1.165, 1.54) is 0 Å². The molecule has 2 N–H and O–H groups in total. The third-order valence-corrected chi connectivity index (χ3v) is 2.58. The Labute approximate surface area is 110 Å². The molecule has 20 heavy (non-hydrogen) atoms. The number of aromatic nitrogens is 1. The van der Waals surface area contributed by atoms with Gasteiger partial charge in [-0.2, -0.15) is 13.2 Å². The number of carbonyl (C=O) groups excluding carboxylic acids is 1. The lowest BCUT2D eigenvalue weighted by Crippen LogP contribution is -2.19. The predicted octanol–water partition coefficient (Wildman–Crippen LogP) is 2.21. The summed E-state index contributed by atoms with van der Waals surface area (Å²) in [4.78, 5) is 14.4. The van der Waals surface area contributed by atoms with E-state index in [2.05, 4.69) is 9.72 Å². The summed E-state index contributed by atoms with van der Waals surface area (Å²) in [5.74, 6) is -0.887. The summed E-state index contributed by atoms with van der Waals surface area (Å²) in [6, 6.07) is 0. The van der Waals surface area contributed by atoms with Crippen LogP contribution in [0.25, 0.3) is 0 Å². The van der Waals surface area contributed by atoms with E-state index in [0.717, 1.165) is 7.11 Å². The first-order chi connectivity index (χ1) is 9.22. The SMILES string of the molecule is COC(=O)Cc1ncc(C(F)(F)F)c(CN)c1C(F)F. The monoisotopic (exact) mass is 298 g/mol. The normalized spacial score (nSPS) is 11.8. The number of carbonyl (C=O) groups is 1.